The Labute approximate surface area is 219 Å². The number of unbranched alkanes of at least 4 members (excludes halogenated alkanes) is 11. The molecule has 0 saturated heterocycles. The van der Waals surface area contributed by atoms with Crippen LogP contribution in [0.2, 0.25) is 0 Å². The van der Waals surface area contributed by atoms with Crippen LogP contribution in [0.25, 0.3) is 0 Å². The van der Waals surface area contributed by atoms with E-state index in [-0.39, 0.29) is 11.9 Å². The van der Waals surface area contributed by atoms with Crippen molar-refractivity contribution in [3.05, 3.63) is 48.0 Å². The van der Waals surface area contributed by atoms with E-state index in [1.54, 1.807) is 18.7 Å². The van der Waals surface area contributed by atoms with E-state index in [0.29, 0.717) is 18.8 Å². The molecule has 1 aromatic carbocycles. The Balaban J connectivity index is 2.09. The summed E-state index contributed by atoms with van der Waals surface area (Å²) in [5.41, 5.74) is 1.21. The number of rotatable bonds is 22. The van der Waals surface area contributed by atoms with Gasteiger partial charge in [0.05, 0.1) is 6.61 Å². The van der Waals surface area contributed by atoms with Gasteiger partial charge in [0.15, 0.2) is 0 Å². The fourth-order valence-electron chi connectivity index (χ4n) is 3.90. The lowest BCUT2D eigenvalue weighted by atomic mass is 10.1. The van der Waals surface area contributed by atoms with Crippen LogP contribution in [-0.4, -0.2) is 30.3 Å². The monoisotopic (exact) mass is 503 g/mol. The largest absolute Gasteiger partial charge is 0.464 e. The van der Waals surface area contributed by atoms with Gasteiger partial charge >= 0.3 is 5.97 Å². The average Bonchev–Trinajstić information content (AvgIpc) is 2.86. The van der Waals surface area contributed by atoms with E-state index >= 15 is 0 Å². The number of esters is 1. The summed E-state index contributed by atoms with van der Waals surface area (Å²) in [5.74, 6) is 0.930. The maximum atomic E-state index is 12.4. The molecule has 1 amide bonds. The molecule has 0 heterocycles. The minimum atomic E-state index is -0.584. The van der Waals surface area contributed by atoms with Gasteiger partial charge in [-0.05, 0) is 44.6 Å². The Hall–Kier alpha value is -1.75. The number of carbonyl (C=O) groups is 2. The molecule has 1 N–H and O–H groups in total. The molecule has 0 saturated carbocycles. The number of hydrogen-bond donors (Lipinski definition) is 1. The zero-order valence-corrected chi connectivity index (χ0v) is 23.1. The SMILES string of the molecule is CCCCCCCC/C=C\CCCCCCCC(=O)N[C@@H](CSCc1ccccc1)C(=O)OCC. The highest BCUT2D eigenvalue weighted by molar-refractivity contribution is 7.98. The van der Waals surface area contributed by atoms with Crippen LogP contribution in [0.3, 0.4) is 0 Å². The summed E-state index contributed by atoms with van der Waals surface area (Å²) in [5, 5.41) is 2.89. The Morgan fingerprint density at radius 2 is 1.46 bits per heavy atom. The molecule has 0 spiro atoms. The number of ether oxygens (including phenoxy) is 1. The first-order valence-corrected chi connectivity index (χ1v) is 15.1. The van der Waals surface area contributed by atoms with Gasteiger partial charge in [0.25, 0.3) is 0 Å². The van der Waals surface area contributed by atoms with Gasteiger partial charge < -0.3 is 10.1 Å². The number of carbonyl (C=O) groups excluding carboxylic acids is 2. The van der Waals surface area contributed by atoms with Crippen molar-refractivity contribution in [2.24, 2.45) is 0 Å². The normalized spacial score (nSPS) is 12.1. The number of amides is 1. The van der Waals surface area contributed by atoms with E-state index in [4.69, 9.17) is 4.74 Å². The molecule has 0 unspecified atom stereocenters. The summed E-state index contributed by atoms with van der Waals surface area (Å²) in [7, 11) is 0. The van der Waals surface area contributed by atoms with Crippen LogP contribution in [0.5, 0.6) is 0 Å². The molecule has 0 aliphatic carbocycles. The summed E-state index contributed by atoms with van der Waals surface area (Å²) in [4.78, 5) is 24.7. The third-order valence-electron chi connectivity index (χ3n) is 5.97. The highest BCUT2D eigenvalue weighted by Gasteiger charge is 2.21. The molecule has 1 aromatic rings. The van der Waals surface area contributed by atoms with Crippen molar-refractivity contribution in [1.29, 1.82) is 0 Å². The van der Waals surface area contributed by atoms with Gasteiger partial charge in [-0.25, -0.2) is 4.79 Å². The molecule has 1 atom stereocenters. The van der Waals surface area contributed by atoms with E-state index in [1.807, 2.05) is 18.2 Å². The molecule has 4 nitrogen and oxygen atoms in total. The van der Waals surface area contributed by atoms with E-state index in [9.17, 15) is 9.59 Å². The van der Waals surface area contributed by atoms with Gasteiger partial charge in [-0.2, -0.15) is 11.8 Å². The quantitative estimate of drug-likeness (QED) is 0.0989. The first kappa shape index (κ1) is 31.3. The minimum Gasteiger partial charge on any atom is -0.464 e. The van der Waals surface area contributed by atoms with E-state index < -0.39 is 6.04 Å². The maximum Gasteiger partial charge on any atom is 0.329 e. The lowest BCUT2D eigenvalue weighted by Crippen LogP contribution is -2.43. The highest BCUT2D eigenvalue weighted by atomic mass is 32.2. The second kappa shape index (κ2) is 22.7. The van der Waals surface area contributed by atoms with E-state index in [0.717, 1.165) is 31.4 Å². The average molecular weight is 504 g/mol. The summed E-state index contributed by atoms with van der Waals surface area (Å²) in [6.07, 6.45) is 21.2. The van der Waals surface area contributed by atoms with Gasteiger partial charge in [0, 0.05) is 17.9 Å². The third-order valence-corrected chi connectivity index (χ3v) is 7.07. The molecule has 0 aliphatic heterocycles. The smallest absolute Gasteiger partial charge is 0.329 e. The van der Waals surface area contributed by atoms with Gasteiger partial charge in [0.1, 0.15) is 6.04 Å². The Morgan fingerprint density at radius 1 is 0.857 bits per heavy atom. The zero-order chi connectivity index (χ0) is 25.4. The van der Waals surface area contributed by atoms with Gasteiger partial charge in [-0.15, -0.1) is 0 Å². The molecule has 35 heavy (non-hydrogen) atoms. The Kier molecular flexibility index (Phi) is 20.3. The number of hydrogen-bond acceptors (Lipinski definition) is 4. The standard InChI is InChI=1S/C30H49NO3S/c1-3-5-6-7-8-9-10-11-12-13-14-15-16-17-21-24-29(32)31-28(30(33)34-4-2)26-35-25-27-22-19-18-20-23-27/h11-12,18-20,22-23,28H,3-10,13-17,21,24-26H2,1-2H3,(H,31,32)/b12-11-/t28-/m0/s1. The summed E-state index contributed by atoms with van der Waals surface area (Å²) < 4.78 is 5.17. The summed E-state index contributed by atoms with van der Waals surface area (Å²) in [6.45, 7) is 4.37. The molecule has 5 heteroatoms. The predicted molar refractivity (Wildman–Crippen MR) is 151 cm³/mol. The lowest BCUT2D eigenvalue weighted by molar-refractivity contribution is -0.146. The molecule has 0 aromatic heterocycles. The molecule has 0 radical (unpaired) electrons. The van der Waals surface area contributed by atoms with E-state index in [2.05, 4.69) is 36.5 Å². The highest BCUT2D eigenvalue weighted by Crippen LogP contribution is 2.14. The van der Waals surface area contributed by atoms with Crippen molar-refractivity contribution in [1.82, 2.24) is 5.32 Å². The first-order chi connectivity index (χ1) is 17.2. The lowest BCUT2D eigenvalue weighted by Gasteiger charge is -2.17. The molecule has 0 aliphatic rings. The van der Waals surface area contributed by atoms with Crippen LogP contribution in [0.4, 0.5) is 0 Å². The van der Waals surface area contributed by atoms with Crippen molar-refractivity contribution in [3.8, 4) is 0 Å². The van der Waals surface area contributed by atoms with Gasteiger partial charge in [0.2, 0.25) is 5.91 Å². The molecule has 0 bridgehead atoms. The van der Waals surface area contributed by atoms with Crippen LogP contribution >= 0.6 is 11.8 Å². The number of benzene rings is 1. The topological polar surface area (TPSA) is 55.4 Å². The van der Waals surface area contributed by atoms with Crippen molar-refractivity contribution in [2.75, 3.05) is 12.4 Å². The first-order valence-electron chi connectivity index (χ1n) is 13.9. The maximum absolute atomic E-state index is 12.4. The van der Waals surface area contributed by atoms with Crippen molar-refractivity contribution in [3.63, 3.8) is 0 Å². The number of allylic oxidation sites excluding steroid dienone is 2. The van der Waals surface area contributed by atoms with Crippen LogP contribution < -0.4 is 5.32 Å². The Bertz CT molecular complexity index is 677. The van der Waals surface area contributed by atoms with Crippen LogP contribution in [-0.2, 0) is 20.1 Å². The minimum absolute atomic E-state index is 0.0546. The Morgan fingerprint density at radius 3 is 2.09 bits per heavy atom. The number of thioether (sulfide) groups is 1. The van der Waals surface area contributed by atoms with Crippen molar-refractivity contribution in [2.45, 2.75) is 116 Å². The summed E-state index contributed by atoms with van der Waals surface area (Å²) in [6, 6.07) is 9.56. The predicted octanol–water partition coefficient (Wildman–Crippen LogP) is 8.01. The zero-order valence-electron chi connectivity index (χ0n) is 22.3. The molecule has 0 fully saturated rings. The second-order valence-electron chi connectivity index (χ2n) is 9.21. The van der Waals surface area contributed by atoms with Gasteiger partial charge in [-0.1, -0.05) is 101 Å². The molecule has 1 rings (SSSR count). The molecular weight excluding hydrogens is 454 g/mol. The van der Waals surface area contributed by atoms with Crippen LogP contribution in [0.15, 0.2) is 42.5 Å². The van der Waals surface area contributed by atoms with E-state index in [1.165, 1.54) is 63.4 Å². The van der Waals surface area contributed by atoms with Crippen LogP contribution in [0, 0.1) is 0 Å². The summed E-state index contributed by atoms with van der Waals surface area (Å²) >= 11 is 1.64. The molecule has 198 valence electrons. The van der Waals surface area contributed by atoms with Crippen molar-refractivity contribution < 1.29 is 14.3 Å². The van der Waals surface area contributed by atoms with Crippen molar-refractivity contribution >= 4 is 23.6 Å². The third kappa shape index (κ3) is 18.2. The second-order valence-corrected chi connectivity index (χ2v) is 10.2. The molecular formula is C30H49NO3S. The number of nitrogens with one attached hydrogen (secondary N) is 1. The van der Waals surface area contributed by atoms with Gasteiger partial charge in [-0.3, -0.25) is 4.79 Å². The van der Waals surface area contributed by atoms with Crippen LogP contribution in [0.1, 0.15) is 109 Å². The fourth-order valence-corrected chi connectivity index (χ4v) is 4.90. The fraction of sp³-hybridized carbons (Fsp3) is 0.667.